The smallest absolute Gasteiger partial charge is 0.450 e. The van der Waals surface area contributed by atoms with Gasteiger partial charge in [-0.15, -0.1) is 0 Å². The van der Waals surface area contributed by atoms with E-state index in [0.29, 0.717) is 5.69 Å². The minimum Gasteiger partial charge on any atom is -0.450 e. The minimum atomic E-state index is -4.20. The molecule has 2 N–H and O–H groups in total. The van der Waals surface area contributed by atoms with Crippen LogP contribution in [0.25, 0.3) is 0 Å². The van der Waals surface area contributed by atoms with Gasteiger partial charge in [0, 0.05) is 5.69 Å². The third kappa shape index (κ3) is 4.22. The predicted octanol–water partition coefficient (Wildman–Crippen LogP) is 2.75. The number of carbonyl (C=O) groups excluding carboxylic acids is 1. The van der Waals surface area contributed by atoms with Crippen LogP contribution in [0.5, 0.6) is 0 Å². The highest BCUT2D eigenvalue weighted by atomic mass is 35.5. The van der Waals surface area contributed by atoms with Crippen LogP contribution in [0.3, 0.4) is 0 Å². The number of carboxylic acid groups (broad SMARTS) is 1. The monoisotopic (exact) mass is 444 g/mol. The molecule has 2 aromatic rings. The maximum absolute atomic E-state index is 12.8. The first-order chi connectivity index (χ1) is 13.2. The van der Waals surface area contributed by atoms with E-state index in [-0.39, 0.29) is 21.5 Å². The molecule has 1 saturated heterocycles. The Balaban J connectivity index is 1.91. The van der Waals surface area contributed by atoms with Gasteiger partial charge in [-0.05, 0) is 30.3 Å². The van der Waals surface area contributed by atoms with Crippen molar-refractivity contribution < 1.29 is 27.9 Å². The van der Waals surface area contributed by atoms with Crippen molar-refractivity contribution in [2.24, 2.45) is 0 Å². The van der Waals surface area contributed by atoms with Crippen molar-refractivity contribution in [3.05, 3.63) is 58.6 Å². The summed E-state index contributed by atoms with van der Waals surface area (Å²) in [5, 5.41) is 9.14. The van der Waals surface area contributed by atoms with E-state index in [1.807, 2.05) is 0 Å². The number of amides is 1. The van der Waals surface area contributed by atoms with Crippen molar-refractivity contribution in [2.75, 3.05) is 11.4 Å². The molecule has 0 unspecified atom stereocenters. The van der Waals surface area contributed by atoms with Gasteiger partial charge in [0.05, 0.1) is 21.5 Å². The number of nitrogens with one attached hydrogen (secondary N) is 1. The first-order valence-corrected chi connectivity index (χ1v) is 10.2. The number of anilines is 1. The number of nitrogens with zero attached hydrogens (tertiary/aromatic N) is 1. The molecule has 0 radical (unpaired) electrons. The standard InChI is InChI=1S/C17H14Cl2N2O6S/c18-12-7-6-11(8-13(12)19)28(25,26)20-15-14(27-17(23)24)9-21(16(15)22)10-4-2-1-3-5-10/h1-8,14-15,20H,9H2,(H,23,24)/t14-,15-/m0/s1. The highest BCUT2D eigenvalue weighted by Gasteiger charge is 2.45. The highest BCUT2D eigenvalue weighted by molar-refractivity contribution is 7.89. The first-order valence-electron chi connectivity index (χ1n) is 7.92. The van der Waals surface area contributed by atoms with Crippen LogP contribution in [0.15, 0.2) is 53.4 Å². The lowest BCUT2D eigenvalue weighted by Gasteiger charge is -2.17. The molecule has 28 heavy (non-hydrogen) atoms. The molecule has 8 nitrogen and oxygen atoms in total. The fourth-order valence-electron chi connectivity index (χ4n) is 2.78. The minimum absolute atomic E-state index is 0.0199. The van der Waals surface area contributed by atoms with E-state index < -0.39 is 34.2 Å². The van der Waals surface area contributed by atoms with Crippen molar-refractivity contribution >= 4 is 51.0 Å². The van der Waals surface area contributed by atoms with Crippen LogP contribution in [0.4, 0.5) is 10.5 Å². The number of halogens is 2. The molecule has 1 heterocycles. The van der Waals surface area contributed by atoms with Gasteiger partial charge in [-0.2, -0.15) is 4.72 Å². The number of hydrogen-bond acceptors (Lipinski definition) is 5. The molecule has 1 aliphatic heterocycles. The second-order valence-electron chi connectivity index (χ2n) is 5.88. The first kappa shape index (κ1) is 20.4. The Bertz CT molecular complexity index is 1020. The van der Waals surface area contributed by atoms with Gasteiger partial charge in [0.2, 0.25) is 15.9 Å². The summed E-state index contributed by atoms with van der Waals surface area (Å²) in [7, 11) is -4.20. The molecule has 2 atom stereocenters. The quantitative estimate of drug-likeness (QED) is 0.685. The molecule has 11 heteroatoms. The van der Waals surface area contributed by atoms with Gasteiger partial charge < -0.3 is 14.7 Å². The van der Waals surface area contributed by atoms with Crippen LogP contribution in [0.1, 0.15) is 0 Å². The number of para-hydroxylation sites is 1. The molecule has 0 spiro atoms. The van der Waals surface area contributed by atoms with E-state index in [9.17, 15) is 18.0 Å². The Kier molecular flexibility index (Phi) is 5.80. The SMILES string of the molecule is O=C(O)O[C@H]1CN(c2ccccc2)C(=O)[C@H]1NS(=O)(=O)c1ccc(Cl)c(Cl)c1. The number of sulfonamides is 1. The van der Waals surface area contributed by atoms with Crippen LogP contribution >= 0.6 is 23.2 Å². The van der Waals surface area contributed by atoms with Gasteiger partial charge in [0.15, 0.2) is 0 Å². The highest BCUT2D eigenvalue weighted by Crippen LogP contribution is 2.27. The lowest BCUT2D eigenvalue weighted by molar-refractivity contribution is -0.119. The van der Waals surface area contributed by atoms with Crippen LogP contribution in [-0.4, -0.2) is 44.3 Å². The largest absolute Gasteiger partial charge is 0.506 e. The average molecular weight is 445 g/mol. The summed E-state index contributed by atoms with van der Waals surface area (Å²) in [6, 6.07) is 10.7. The molecule has 1 amide bonds. The maximum Gasteiger partial charge on any atom is 0.506 e. The van der Waals surface area contributed by atoms with Gasteiger partial charge in [-0.1, -0.05) is 41.4 Å². The molecular weight excluding hydrogens is 431 g/mol. The zero-order valence-corrected chi connectivity index (χ0v) is 16.4. The van der Waals surface area contributed by atoms with Crippen molar-refractivity contribution in [2.45, 2.75) is 17.0 Å². The molecule has 0 bridgehead atoms. The molecule has 2 aromatic carbocycles. The van der Waals surface area contributed by atoms with Crippen molar-refractivity contribution in [1.29, 1.82) is 0 Å². The summed E-state index contributed by atoms with van der Waals surface area (Å²) < 4.78 is 32.3. The van der Waals surface area contributed by atoms with Crippen LogP contribution in [0, 0.1) is 0 Å². The third-order valence-electron chi connectivity index (χ3n) is 4.07. The zero-order chi connectivity index (χ0) is 20.5. The Morgan fingerprint density at radius 2 is 1.82 bits per heavy atom. The number of benzene rings is 2. The van der Waals surface area contributed by atoms with E-state index in [2.05, 4.69) is 4.72 Å². The predicted molar refractivity (Wildman–Crippen MR) is 102 cm³/mol. The molecule has 1 aliphatic rings. The normalized spacial score (nSPS) is 19.6. The van der Waals surface area contributed by atoms with Crippen molar-refractivity contribution in [3.8, 4) is 0 Å². The van der Waals surface area contributed by atoms with Crippen molar-refractivity contribution in [1.82, 2.24) is 4.72 Å². The Hall–Kier alpha value is -2.33. The van der Waals surface area contributed by atoms with Gasteiger partial charge >= 0.3 is 6.16 Å². The summed E-state index contributed by atoms with van der Waals surface area (Å²) in [5.41, 5.74) is 0.489. The molecule has 0 saturated carbocycles. The lowest BCUT2D eigenvalue weighted by atomic mass is 10.2. The number of rotatable bonds is 5. The molecule has 3 rings (SSSR count). The van der Waals surface area contributed by atoms with Crippen LogP contribution in [-0.2, 0) is 19.6 Å². The molecule has 148 valence electrons. The van der Waals surface area contributed by atoms with E-state index in [1.165, 1.54) is 17.0 Å². The molecule has 0 aromatic heterocycles. The zero-order valence-electron chi connectivity index (χ0n) is 14.1. The summed E-state index contributed by atoms with van der Waals surface area (Å²) in [6.45, 7) is -0.135. The van der Waals surface area contributed by atoms with E-state index in [0.717, 1.165) is 6.07 Å². The second-order valence-corrected chi connectivity index (χ2v) is 8.41. The Morgan fingerprint density at radius 1 is 1.14 bits per heavy atom. The second kappa shape index (κ2) is 7.96. The van der Waals surface area contributed by atoms with Gasteiger partial charge in [-0.25, -0.2) is 13.2 Å². The van der Waals surface area contributed by atoms with Gasteiger partial charge in [-0.3, -0.25) is 4.79 Å². The van der Waals surface area contributed by atoms with Crippen molar-refractivity contribution in [3.63, 3.8) is 0 Å². The topological polar surface area (TPSA) is 113 Å². The molecule has 1 fully saturated rings. The number of hydrogen-bond donors (Lipinski definition) is 2. The van der Waals surface area contributed by atoms with E-state index in [4.69, 9.17) is 33.0 Å². The molecular formula is C17H14Cl2N2O6S. The van der Waals surface area contributed by atoms with Crippen LogP contribution in [0.2, 0.25) is 10.0 Å². The Labute approximate surface area is 170 Å². The summed E-state index contributed by atoms with van der Waals surface area (Å²) in [6.07, 6.45) is -2.85. The fourth-order valence-corrected chi connectivity index (χ4v) is 4.39. The summed E-state index contributed by atoms with van der Waals surface area (Å²) >= 11 is 11.7. The Morgan fingerprint density at radius 3 is 2.43 bits per heavy atom. The number of ether oxygens (including phenoxy) is 1. The van der Waals surface area contributed by atoms with Gasteiger partial charge in [0.25, 0.3) is 0 Å². The number of carbonyl (C=O) groups is 2. The lowest BCUT2D eigenvalue weighted by Crippen LogP contribution is -2.47. The third-order valence-corrected chi connectivity index (χ3v) is 6.25. The fraction of sp³-hybridized carbons (Fsp3) is 0.176. The maximum atomic E-state index is 12.8. The average Bonchev–Trinajstić information content (AvgIpc) is 2.93. The summed E-state index contributed by atoms with van der Waals surface area (Å²) in [4.78, 5) is 24.9. The van der Waals surface area contributed by atoms with Gasteiger partial charge in [0.1, 0.15) is 12.1 Å². The van der Waals surface area contributed by atoms with E-state index in [1.54, 1.807) is 30.3 Å². The van der Waals surface area contributed by atoms with Crippen LogP contribution < -0.4 is 9.62 Å². The molecule has 0 aliphatic carbocycles. The van der Waals surface area contributed by atoms with E-state index >= 15 is 0 Å². The summed E-state index contributed by atoms with van der Waals surface area (Å²) in [5.74, 6) is -0.638.